The van der Waals surface area contributed by atoms with Crippen LogP contribution < -0.4 is 0 Å². The minimum Gasteiger partial charge on any atom is -0.303 e. The highest BCUT2D eigenvalue weighted by Crippen LogP contribution is 2.23. The van der Waals surface area contributed by atoms with Crippen LogP contribution in [0.5, 0.6) is 0 Å². The van der Waals surface area contributed by atoms with E-state index in [1.54, 1.807) is 6.33 Å². The second-order valence-corrected chi connectivity index (χ2v) is 6.32. The zero-order valence-corrected chi connectivity index (χ0v) is 14.4. The molecule has 0 aliphatic rings. The maximum absolute atomic E-state index is 4.89. The SMILES string of the molecule is Brc1ccc2c(N=C(c3ccccc3)c3ccccc3)ncn2c1. The summed E-state index contributed by atoms with van der Waals surface area (Å²) in [5, 5.41) is 0. The number of nitrogens with zero attached hydrogens (tertiary/aromatic N) is 3. The second-order valence-electron chi connectivity index (χ2n) is 5.40. The molecule has 0 N–H and O–H groups in total. The topological polar surface area (TPSA) is 29.7 Å². The predicted molar refractivity (Wildman–Crippen MR) is 101 cm³/mol. The standard InChI is InChI=1S/C20H14BrN3/c21-17-11-12-18-20(22-14-24(18)13-17)23-19(15-7-3-1-4-8-15)16-9-5-2-6-10-16/h1-14H. The lowest BCUT2D eigenvalue weighted by molar-refractivity contribution is 1.14. The molecule has 0 bridgehead atoms. The van der Waals surface area contributed by atoms with Crippen molar-refractivity contribution in [3.05, 3.63) is 101 Å². The third kappa shape index (κ3) is 2.88. The van der Waals surface area contributed by atoms with Crippen LogP contribution >= 0.6 is 15.9 Å². The average Bonchev–Trinajstić information content (AvgIpc) is 3.03. The summed E-state index contributed by atoms with van der Waals surface area (Å²) >= 11 is 3.48. The monoisotopic (exact) mass is 375 g/mol. The maximum atomic E-state index is 4.89. The quantitative estimate of drug-likeness (QED) is 0.448. The summed E-state index contributed by atoms with van der Waals surface area (Å²) in [6.07, 6.45) is 3.76. The number of hydrogen-bond acceptors (Lipinski definition) is 2. The molecule has 2 aromatic heterocycles. The Kier molecular flexibility index (Phi) is 3.97. The van der Waals surface area contributed by atoms with Gasteiger partial charge in [0.05, 0.1) is 11.2 Å². The molecule has 0 fully saturated rings. The molecule has 0 spiro atoms. The van der Waals surface area contributed by atoms with Crippen LogP contribution in [0.2, 0.25) is 0 Å². The van der Waals surface area contributed by atoms with Crippen molar-refractivity contribution in [3.63, 3.8) is 0 Å². The molecule has 0 aliphatic carbocycles. The van der Waals surface area contributed by atoms with E-state index < -0.39 is 0 Å². The number of pyridine rings is 1. The largest absolute Gasteiger partial charge is 0.303 e. The van der Waals surface area contributed by atoms with E-state index in [0.717, 1.165) is 26.8 Å². The Morgan fingerprint density at radius 1 is 0.833 bits per heavy atom. The van der Waals surface area contributed by atoms with Gasteiger partial charge in [0.15, 0.2) is 5.82 Å². The first kappa shape index (κ1) is 14.8. The molecule has 0 saturated heterocycles. The second kappa shape index (κ2) is 6.42. The Morgan fingerprint density at radius 3 is 2.08 bits per heavy atom. The zero-order valence-electron chi connectivity index (χ0n) is 12.8. The lowest BCUT2D eigenvalue weighted by Gasteiger charge is -2.07. The first-order valence-electron chi connectivity index (χ1n) is 7.63. The minimum absolute atomic E-state index is 0.713. The molecule has 2 heterocycles. The van der Waals surface area contributed by atoms with Crippen molar-refractivity contribution in [2.75, 3.05) is 0 Å². The lowest BCUT2D eigenvalue weighted by atomic mass is 10.0. The number of aliphatic imine (C=N–C) groups is 1. The fraction of sp³-hybridized carbons (Fsp3) is 0. The van der Waals surface area contributed by atoms with Crippen LogP contribution in [0.4, 0.5) is 5.82 Å². The lowest BCUT2D eigenvalue weighted by Crippen LogP contribution is -2.02. The smallest absolute Gasteiger partial charge is 0.178 e. The molecular formula is C20H14BrN3. The van der Waals surface area contributed by atoms with Gasteiger partial charge in [-0.2, -0.15) is 0 Å². The highest BCUT2D eigenvalue weighted by atomic mass is 79.9. The zero-order chi connectivity index (χ0) is 16.4. The van der Waals surface area contributed by atoms with Crippen molar-refractivity contribution in [2.24, 2.45) is 4.99 Å². The molecule has 0 unspecified atom stereocenters. The van der Waals surface area contributed by atoms with Gasteiger partial charge in [0.2, 0.25) is 0 Å². The van der Waals surface area contributed by atoms with Crippen molar-refractivity contribution in [1.29, 1.82) is 0 Å². The highest BCUT2D eigenvalue weighted by molar-refractivity contribution is 9.10. The molecular weight excluding hydrogens is 362 g/mol. The molecule has 24 heavy (non-hydrogen) atoms. The van der Waals surface area contributed by atoms with Gasteiger partial charge in [-0.15, -0.1) is 0 Å². The molecule has 0 aliphatic heterocycles. The van der Waals surface area contributed by atoms with E-state index in [2.05, 4.69) is 45.2 Å². The van der Waals surface area contributed by atoms with E-state index in [1.807, 2.05) is 59.1 Å². The van der Waals surface area contributed by atoms with Gasteiger partial charge >= 0.3 is 0 Å². The fourth-order valence-corrected chi connectivity index (χ4v) is 2.99. The molecule has 0 amide bonds. The fourth-order valence-electron chi connectivity index (χ4n) is 2.64. The van der Waals surface area contributed by atoms with Crippen molar-refractivity contribution < 1.29 is 0 Å². The van der Waals surface area contributed by atoms with Gasteiger partial charge in [-0.3, -0.25) is 0 Å². The first-order valence-corrected chi connectivity index (χ1v) is 8.42. The van der Waals surface area contributed by atoms with Gasteiger partial charge in [-0.05, 0) is 28.1 Å². The molecule has 0 saturated carbocycles. The van der Waals surface area contributed by atoms with Gasteiger partial charge < -0.3 is 4.40 Å². The molecule has 4 rings (SSSR count). The number of imidazole rings is 1. The van der Waals surface area contributed by atoms with Gasteiger partial charge in [-0.25, -0.2) is 9.98 Å². The summed E-state index contributed by atoms with van der Waals surface area (Å²) in [5.41, 5.74) is 4.03. The Balaban J connectivity index is 1.91. The van der Waals surface area contributed by atoms with Crippen LogP contribution in [0.15, 0.2) is 94.8 Å². The number of fused-ring (bicyclic) bond motifs is 1. The molecule has 4 aromatic rings. The van der Waals surface area contributed by atoms with Crippen LogP contribution in [0.25, 0.3) is 5.52 Å². The van der Waals surface area contributed by atoms with Crippen LogP contribution in [-0.2, 0) is 0 Å². The number of aromatic nitrogens is 2. The van der Waals surface area contributed by atoms with Gasteiger partial charge in [0.25, 0.3) is 0 Å². The van der Waals surface area contributed by atoms with E-state index in [-0.39, 0.29) is 0 Å². The summed E-state index contributed by atoms with van der Waals surface area (Å²) in [4.78, 5) is 9.37. The Morgan fingerprint density at radius 2 is 1.46 bits per heavy atom. The summed E-state index contributed by atoms with van der Waals surface area (Å²) in [6, 6.07) is 24.4. The van der Waals surface area contributed by atoms with E-state index >= 15 is 0 Å². The summed E-state index contributed by atoms with van der Waals surface area (Å²) in [6.45, 7) is 0. The van der Waals surface area contributed by atoms with Crippen LogP contribution in [0.1, 0.15) is 11.1 Å². The van der Waals surface area contributed by atoms with E-state index in [4.69, 9.17) is 4.99 Å². The van der Waals surface area contributed by atoms with Crippen molar-refractivity contribution >= 4 is 33.0 Å². The number of hydrogen-bond donors (Lipinski definition) is 0. The molecule has 0 radical (unpaired) electrons. The van der Waals surface area contributed by atoms with Crippen molar-refractivity contribution in [2.45, 2.75) is 0 Å². The molecule has 4 heteroatoms. The van der Waals surface area contributed by atoms with Gasteiger partial charge in [-0.1, -0.05) is 60.7 Å². The Labute approximate surface area is 148 Å². The normalized spacial score (nSPS) is 10.7. The highest BCUT2D eigenvalue weighted by Gasteiger charge is 2.10. The number of rotatable bonds is 3. The van der Waals surface area contributed by atoms with Gasteiger partial charge in [0.1, 0.15) is 6.33 Å². The third-order valence-corrected chi connectivity index (χ3v) is 4.26. The minimum atomic E-state index is 0.713. The predicted octanol–water partition coefficient (Wildman–Crippen LogP) is 5.27. The summed E-state index contributed by atoms with van der Waals surface area (Å²) < 4.78 is 2.98. The van der Waals surface area contributed by atoms with E-state index in [9.17, 15) is 0 Å². The van der Waals surface area contributed by atoms with Crippen LogP contribution in [0, 0.1) is 0 Å². The Hall–Kier alpha value is -2.72. The molecule has 2 aromatic carbocycles. The van der Waals surface area contributed by atoms with Crippen molar-refractivity contribution in [3.8, 4) is 0 Å². The number of benzene rings is 2. The maximum Gasteiger partial charge on any atom is 0.178 e. The first-order chi connectivity index (χ1) is 11.8. The molecule has 3 nitrogen and oxygen atoms in total. The summed E-state index contributed by atoms with van der Waals surface area (Å²) in [5.74, 6) is 0.713. The molecule has 0 atom stereocenters. The van der Waals surface area contributed by atoms with E-state index in [0.29, 0.717) is 5.82 Å². The summed E-state index contributed by atoms with van der Waals surface area (Å²) in [7, 11) is 0. The van der Waals surface area contributed by atoms with Crippen LogP contribution in [-0.4, -0.2) is 15.1 Å². The number of halogens is 1. The third-order valence-electron chi connectivity index (χ3n) is 3.79. The van der Waals surface area contributed by atoms with Crippen molar-refractivity contribution in [1.82, 2.24) is 9.38 Å². The molecule has 116 valence electrons. The van der Waals surface area contributed by atoms with Gasteiger partial charge in [0, 0.05) is 21.8 Å². The van der Waals surface area contributed by atoms with Crippen LogP contribution in [0.3, 0.4) is 0 Å². The average molecular weight is 376 g/mol. The Bertz CT molecular complexity index is 963. The van der Waals surface area contributed by atoms with E-state index in [1.165, 1.54) is 0 Å².